The average Bonchev–Trinajstić information content (AvgIpc) is 2.19. The van der Waals surface area contributed by atoms with Crippen LogP contribution in [0.2, 0.25) is 0 Å². The number of nitrogens with zero attached hydrogens (tertiary/aromatic N) is 1. The van der Waals surface area contributed by atoms with Crippen molar-refractivity contribution < 1.29 is 4.79 Å². The quantitative estimate of drug-likeness (QED) is 0.732. The molecule has 2 heterocycles. The topological polar surface area (TPSA) is 54.0 Å². The lowest BCUT2D eigenvalue weighted by atomic mass is 9.97. The molecule has 4 nitrogen and oxygen atoms in total. The minimum absolute atomic E-state index is 0.0952. The fraction of sp³-hybridized carbons (Fsp3) is 0.455. The number of aromatic nitrogens is 1. The number of pyridine rings is 1. The Labute approximate surface area is 89.1 Å². The van der Waals surface area contributed by atoms with Gasteiger partial charge in [0.25, 0.3) is 5.91 Å². The van der Waals surface area contributed by atoms with E-state index in [9.17, 15) is 4.79 Å². The van der Waals surface area contributed by atoms with Crippen LogP contribution in [0.15, 0.2) is 6.20 Å². The number of amides is 1. The SMILES string of the molecule is Cc1c(C(C)C)cnc2c1NCNC2=O. The molecule has 0 aliphatic carbocycles. The van der Waals surface area contributed by atoms with Crippen molar-refractivity contribution in [2.45, 2.75) is 26.7 Å². The summed E-state index contributed by atoms with van der Waals surface area (Å²) in [5.41, 5.74) is 3.70. The summed E-state index contributed by atoms with van der Waals surface area (Å²) >= 11 is 0. The second-order valence-corrected chi connectivity index (χ2v) is 4.08. The minimum atomic E-state index is -0.0952. The molecule has 1 aliphatic rings. The van der Waals surface area contributed by atoms with Crippen molar-refractivity contribution in [3.8, 4) is 0 Å². The van der Waals surface area contributed by atoms with Crippen molar-refractivity contribution in [2.75, 3.05) is 12.0 Å². The van der Waals surface area contributed by atoms with Gasteiger partial charge in [-0.15, -0.1) is 0 Å². The zero-order valence-corrected chi connectivity index (χ0v) is 9.22. The lowest BCUT2D eigenvalue weighted by Crippen LogP contribution is -2.36. The van der Waals surface area contributed by atoms with Gasteiger partial charge < -0.3 is 10.6 Å². The second kappa shape index (κ2) is 3.53. The van der Waals surface area contributed by atoms with Crippen LogP contribution >= 0.6 is 0 Å². The molecule has 0 spiro atoms. The van der Waals surface area contributed by atoms with Crippen molar-refractivity contribution in [1.29, 1.82) is 0 Å². The Balaban J connectivity index is 2.57. The standard InChI is InChI=1S/C11H15N3O/c1-6(2)8-4-12-10-9(7(8)3)13-5-14-11(10)15/h4,6,13H,5H2,1-3H3,(H,14,15). The Morgan fingerprint density at radius 3 is 2.80 bits per heavy atom. The maximum atomic E-state index is 11.5. The van der Waals surface area contributed by atoms with Gasteiger partial charge in [0.2, 0.25) is 0 Å². The van der Waals surface area contributed by atoms with E-state index in [0.717, 1.165) is 11.3 Å². The first kappa shape index (κ1) is 9.96. The van der Waals surface area contributed by atoms with Crippen LogP contribution in [0.5, 0.6) is 0 Å². The Kier molecular flexibility index (Phi) is 2.34. The zero-order valence-electron chi connectivity index (χ0n) is 9.22. The Morgan fingerprint density at radius 2 is 2.13 bits per heavy atom. The van der Waals surface area contributed by atoms with Crippen LogP contribution in [0.3, 0.4) is 0 Å². The number of carbonyl (C=O) groups is 1. The number of hydrogen-bond donors (Lipinski definition) is 2. The second-order valence-electron chi connectivity index (χ2n) is 4.08. The lowest BCUT2D eigenvalue weighted by Gasteiger charge is -2.22. The van der Waals surface area contributed by atoms with Gasteiger partial charge >= 0.3 is 0 Å². The zero-order chi connectivity index (χ0) is 11.0. The van der Waals surface area contributed by atoms with E-state index in [0.29, 0.717) is 18.3 Å². The van der Waals surface area contributed by atoms with Crippen molar-refractivity contribution in [3.63, 3.8) is 0 Å². The molecule has 1 aliphatic heterocycles. The van der Waals surface area contributed by atoms with Crippen molar-refractivity contribution in [2.24, 2.45) is 0 Å². The molecule has 0 radical (unpaired) electrons. The van der Waals surface area contributed by atoms with Crippen molar-refractivity contribution >= 4 is 11.6 Å². The average molecular weight is 205 g/mol. The predicted octanol–water partition coefficient (Wildman–Crippen LogP) is 1.63. The van der Waals surface area contributed by atoms with E-state index in [1.54, 1.807) is 6.20 Å². The number of hydrogen-bond acceptors (Lipinski definition) is 3. The first-order valence-electron chi connectivity index (χ1n) is 5.13. The fourth-order valence-electron chi connectivity index (χ4n) is 1.88. The molecule has 0 aromatic carbocycles. The fourth-order valence-corrected chi connectivity index (χ4v) is 1.88. The monoisotopic (exact) mass is 205 g/mol. The molecule has 0 saturated carbocycles. The third-order valence-corrected chi connectivity index (χ3v) is 2.73. The van der Waals surface area contributed by atoms with Gasteiger partial charge in [-0.25, -0.2) is 4.98 Å². The normalized spacial score (nSPS) is 14.5. The molecule has 0 bridgehead atoms. The molecule has 1 aromatic rings. The highest BCUT2D eigenvalue weighted by Gasteiger charge is 2.21. The van der Waals surface area contributed by atoms with Crippen LogP contribution in [0.25, 0.3) is 0 Å². The smallest absolute Gasteiger partial charge is 0.273 e. The Morgan fingerprint density at radius 1 is 1.40 bits per heavy atom. The highest BCUT2D eigenvalue weighted by Crippen LogP contribution is 2.28. The van der Waals surface area contributed by atoms with E-state index in [1.807, 2.05) is 6.92 Å². The summed E-state index contributed by atoms with van der Waals surface area (Å²) in [5.74, 6) is 0.330. The van der Waals surface area contributed by atoms with Gasteiger partial charge in [0, 0.05) is 6.20 Å². The van der Waals surface area contributed by atoms with E-state index in [4.69, 9.17) is 0 Å². The van der Waals surface area contributed by atoms with Gasteiger partial charge in [0.1, 0.15) is 0 Å². The molecule has 0 fully saturated rings. The number of anilines is 1. The van der Waals surface area contributed by atoms with Crippen LogP contribution < -0.4 is 10.6 Å². The highest BCUT2D eigenvalue weighted by molar-refractivity contribution is 6.00. The van der Waals surface area contributed by atoms with Crippen LogP contribution in [-0.2, 0) is 0 Å². The molecule has 1 aromatic heterocycles. The highest BCUT2D eigenvalue weighted by atomic mass is 16.2. The molecule has 80 valence electrons. The van der Waals surface area contributed by atoms with Gasteiger partial charge in [-0.05, 0) is 24.0 Å². The van der Waals surface area contributed by atoms with Crippen LogP contribution in [-0.4, -0.2) is 17.6 Å². The number of fused-ring (bicyclic) bond motifs is 1. The lowest BCUT2D eigenvalue weighted by molar-refractivity contribution is 0.0947. The van der Waals surface area contributed by atoms with E-state index in [2.05, 4.69) is 29.5 Å². The molecular weight excluding hydrogens is 190 g/mol. The molecule has 2 N–H and O–H groups in total. The van der Waals surface area contributed by atoms with Crippen LogP contribution in [0.4, 0.5) is 5.69 Å². The summed E-state index contributed by atoms with van der Waals surface area (Å²) in [6, 6.07) is 0. The third kappa shape index (κ3) is 1.56. The summed E-state index contributed by atoms with van der Waals surface area (Å²) in [6.07, 6.45) is 1.80. The van der Waals surface area contributed by atoms with Gasteiger partial charge in [0.05, 0.1) is 12.4 Å². The summed E-state index contributed by atoms with van der Waals surface area (Å²) in [5, 5.41) is 5.86. The van der Waals surface area contributed by atoms with Gasteiger partial charge in [-0.2, -0.15) is 0 Å². The first-order chi connectivity index (χ1) is 7.11. The third-order valence-electron chi connectivity index (χ3n) is 2.73. The predicted molar refractivity (Wildman–Crippen MR) is 59.0 cm³/mol. The van der Waals surface area contributed by atoms with Crippen LogP contribution in [0.1, 0.15) is 41.4 Å². The Hall–Kier alpha value is -1.58. The molecule has 0 unspecified atom stereocenters. The number of nitrogens with one attached hydrogen (secondary N) is 2. The van der Waals surface area contributed by atoms with E-state index in [-0.39, 0.29) is 5.91 Å². The van der Waals surface area contributed by atoms with Crippen LogP contribution in [0, 0.1) is 6.92 Å². The van der Waals surface area contributed by atoms with E-state index >= 15 is 0 Å². The summed E-state index contributed by atoms with van der Waals surface area (Å²) in [4.78, 5) is 15.7. The molecule has 2 rings (SSSR count). The van der Waals surface area contributed by atoms with E-state index in [1.165, 1.54) is 5.56 Å². The molecule has 0 saturated heterocycles. The maximum absolute atomic E-state index is 11.5. The van der Waals surface area contributed by atoms with E-state index < -0.39 is 0 Å². The van der Waals surface area contributed by atoms with Gasteiger partial charge in [-0.3, -0.25) is 4.79 Å². The first-order valence-corrected chi connectivity index (χ1v) is 5.13. The molecule has 1 amide bonds. The minimum Gasteiger partial charge on any atom is -0.366 e. The van der Waals surface area contributed by atoms with Gasteiger partial charge in [0.15, 0.2) is 5.69 Å². The number of rotatable bonds is 1. The van der Waals surface area contributed by atoms with Gasteiger partial charge in [-0.1, -0.05) is 13.8 Å². The summed E-state index contributed by atoms with van der Waals surface area (Å²) < 4.78 is 0. The summed E-state index contributed by atoms with van der Waals surface area (Å²) in [6.45, 7) is 6.76. The Bertz CT molecular complexity index is 413. The number of carbonyl (C=O) groups excluding carboxylic acids is 1. The summed E-state index contributed by atoms with van der Waals surface area (Å²) in [7, 11) is 0. The molecule has 15 heavy (non-hydrogen) atoms. The maximum Gasteiger partial charge on any atom is 0.273 e. The molecule has 4 heteroatoms. The van der Waals surface area contributed by atoms with Crippen molar-refractivity contribution in [1.82, 2.24) is 10.3 Å². The van der Waals surface area contributed by atoms with Crippen molar-refractivity contribution in [3.05, 3.63) is 23.0 Å². The molecular formula is C11H15N3O. The largest absolute Gasteiger partial charge is 0.366 e. The molecule has 0 atom stereocenters.